The highest BCUT2D eigenvalue weighted by molar-refractivity contribution is 8.00. The van der Waals surface area contributed by atoms with E-state index in [4.69, 9.17) is 9.47 Å². The molecule has 1 atom stereocenters. The van der Waals surface area contributed by atoms with Crippen LogP contribution < -0.4 is 9.47 Å². The maximum absolute atomic E-state index is 12.9. The largest absolute Gasteiger partial charge is 0.494 e. The third-order valence-electron chi connectivity index (χ3n) is 7.05. The number of hydrogen-bond donors (Lipinski definition) is 2. The summed E-state index contributed by atoms with van der Waals surface area (Å²) in [4.78, 5) is 30.5. The zero-order chi connectivity index (χ0) is 30.7. The molecule has 1 unspecified atom stereocenters. The highest BCUT2D eigenvalue weighted by atomic mass is 32.2. The van der Waals surface area contributed by atoms with Crippen LogP contribution in [0.4, 0.5) is 0 Å². The van der Waals surface area contributed by atoms with E-state index in [0.29, 0.717) is 30.3 Å². The molecule has 0 radical (unpaired) electrons. The van der Waals surface area contributed by atoms with Crippen molar-refractivity contribution in [2.45, 2.75) is 63.2 Å². The number of pyridine rings is 1. The van der Waals surface area contributed by atoms with Crippen molar-refractivity contribution in [1.82, 2.24) is 19.9 Å². The number of benzene rings is 2. The van der Waals surface area contributed by atoms with Crippen molar-refractivity contribution < 1.29 is 19.4 Å². The minimum atomic E-state index is -0.895. The molecule has 0 bridgehead atoms. The molecule has 5 aromatic rings. The lowest BCUT2D eigenvalue weighted by molar-refractivity contribution is -0.138. The van der Waals surface area contributed by atoms with Crippen LogP contribution in [0.5, 0.6) is 11.5 Å². The van der Waals surface area contributed by atoms with E-state index in [0.717, 1.165) is 49.5 Å². The predicted molar refractivity (Wildman–Crippen MR) is 170 cm³/mol. The number of aromatic amines is 1. The summed E-state index contributed by atoms with van der Waals surface area (Å²) in [5.41, 5.74) is 6.16. The van der Waals surface area contributed by atoms with Gasteiger partial charge in [-0.2, -0.15) is 0 Å². The number of hydrogen-bond acceptors (Lipinski definition) is 7. The quantitative estimate of drug-likeness (QED) is 0.159. The molecule has 0 aliphatic heterocycles. The molecule has 2 N–H and O–H groups in total. The topological polar surface area (TPSA) is 110 Å². The summed E-state index contributed by atoms with van der Waals surface area (Å²) >= 11 is 1.67. The molecule has 5 rings (SSSR count). The smallest absolute Gasteiger partial charge is 0.312 e. The molecule has 0 aliphatic rings. The molecular formula is C34H36N4O4S. The van der Waals surface area contributed by atoms with Gasteiger partial charge in [0.25, 0.3) is 0 Å². The number of carboxylic acid groups (broad SMARTS) is 1. The minimum absolute atomic E-state index is 0.159. The third kappa shape index (κ3) is 7.00. The number of aliphatic carboxylic acids is 1. The monoisotopic (exact) mass is 596 g/mol. The summed E-state index contributed by atoms with van der Waals surface area (Å²) in [6, 6.07) is 15.6. The summed E-state index contributed by atoms with van der Waals surface area (Å²) in [6.45, 7) is 10.8. The number of ether oxygens (including phenoxy) is 2. The Labute approximate surface area is 255 Å². The molecule has 0 spiro atoms. The van der Waals surface area contributed by atoms with Gasteiger partial charge in [0.2, 0.25) is 0 Å². The van der Waals surface area contributed by atoms with E-state index < -0.39 is 11.9 Å². The van der Waals surface area contributed by atoms with Gasteiger partial charge in [-0.3, -0.25) is 9.78 Å². The van der Waals surface area contributed by atoms with Gasteiger partial charge in [-0.25, -0.2) is 9.97 Å². The fourth-order valence-corrected chi connectivity index (χ4v) is 6.21. The molecule has 222 valence electrons. The van der Waals surface area contributed by atoms with Crippen molar-refractivity contribution >= 4 is 28.6 Å². The molecule has 9 heteroatoms. The maximum atomic E-state index is 12.9. The van der Waals surface area contributed by atoms with E-state index in [1.54, 1.807) is 31.3 Å². The Balaban J connectivity index is 1.51. The van der Waals surface area contributed by atoms with Crippen molar-refractivity contribution in [2.75, 3.05) is 7.11 Å². The van der Waals surface area contributed by atoms with E-state index >= 15 is 0 Å². The molecule has 3 aromatic heterocycles. The lowest BCUT2D eigenvalue weighted by Gasteiger charge is -2.21. The highest BCUT2D eigenvalue weighted by Crippen LogP contribution is 2.45. The van der Waals surface area contributed by atoms with Crippen molar-refractivity contribution in [3.8, 4) is 22.9 Å². The average molecular weight is 597 g/mol. The number of carboxylic acids is 1. The van der Waals surface area contributed by atoms with Gasteiger partial charge in [-0.1, -0.05) is 45.0 Å². The molecule has 0 aliphatic carbocycles. The van der Waals surface area contributed by atoms with Gasteiger partial charge < -0.3 is 19.6 Å². The number of aryl methyl sites for hydroxylation is 2. The fourth-order valence-electron chi connectivity index (χ4n) is 4.93. The molecular weight excluding hydrogens is 560 g/mol. The normalized spacial score (nSPS) is 12.3. The van der Waals surface area contributed by atoms with Crippen molar-refractivity contribution in [2.24, 2.45) is 0 Å². The number of nitrogens with one attached hydrogen (secondary N) is 1. The lowest BCUT2D eigenvalue weighted by atomic mass is 9.94. The number of nitrogens with zero attached hydrogens (tertiary/aromatic N) is 3. The van der Waals surface area contributed by atoms with Crippen molar-refractivity contribution in [3.05, 3.63) is 95.2 Å². The van der Waals surface area contributed by atoms with Gasteiger partial charge in [0.1, 0.15) is 18.3 Å². The second-order valence-corrected chi connectivity index (χ2v) is 13.4. The first-order chi connectivity index (χ1) is 20.5. The van der Waals surface area contributed by atoms with Crippen molar-refractivity contribution in [1.29, 1.82) is 0 Å². The Bertz CT molecular complexity index is 1740. The summed E-state index contributed by atoms with van der Waals surface area (Å²) in [5, 5.41) is 11.5. The number of fused-ring (bicyclic) bond motifs is 1. The average Bonchev–Trinajstić information content (AvgIpc) is 3.33. The first-order valence-electron chi connectivity index (χ1n) is 14.1. The van der Waals surface area contributed by atoms with Crippen LogP contribution >= 0.6 is 11.8 Å². The first kappa shape index (κ1) is 30.1. The number of H-pyrrole nitrogens is 1. The van der Waals surface area contributed by atoms with Gasteiger partial charge in [0.05, 0.1) is 25.2 Å². The summed E-state index contributed by atoms with van der Waals surface area (Å²) in [5.74, 6) is 0.172. The lowest BCUT2D eigenvalue weighted by Crippen LogP contribution is -2.17. The zero-order valence-electron chi connectivity index (χ0n) is 25.3. The van der Waals surface area contributed by atoms with E-state index in [9.17, 15) is 9.90 Å². The van der Waals surface area contributed by atoms with Gasteiger partial charge in [-0.15, -0.1) is 11.8 Å². The van der Waals surface area contributed by atoms with Crippen molar-refractivity contribution in [3.63, 3.8) is 0 Å². The Morgan fingerprint density at radius 2 is 1.79 bits per heavy atom. The number of rotatable bonds is 10. The van der Waals surface area contributed by atoms with Crippen LogP contribution in [0.1, 0.15) is 54.8 Å². The minimum Gasteiger partial charge on any atom is -0.494 e. The van der Waals surface area contributed by atoms with Crippen LogP contribution in [0.3, 0.4) is 0 Å². The van der Waals surface area contributed by atoms with Crippen LogP contribution in [0.15, 0.2) is 72.0 Å². The summed E-state index contributed by atoms with van der Waals surface area (Å²) in [6.07, 6.45) is 5.36. The van der Waals surface area contributed by atoms with Gasteiger partial charge >= 0.3 is 5.97 Å². The fraction of sp³-hybridized carbons (Fsp3) is 0.294. The number of aromatic nitrogens is 4. The molecule has 3 heterocycles. The van der Waals surface area contributed by atoms with Crippen LogP contribution in [0.2, 0.25) is 0 Å². The maximum Gasteiger partial charge on any atom is 0.312 e. The van der Waals surface area contributed by atoms with E-state index in [1.165, 1.54) is 0 Å². The van der Waals surface area contributed by atoms with Crippen LogP contribution in [-0.2, 0) is 17.8 Å². The van der Waals surface area contributed by atoms with Gasteiger partial charge in [0, 0.05) is 43.6 Å². The molecule has 0 saturated carbocycles. The number of methoxy groups -OCH3 is 1. The highest BCUT2D eigenvalue weighted by Gasteiger charge is 2.30. The van der Waals surface area contributed by atoms with Gasteiger partial charge in [0.15, 0.2) is 11.6 Å². The van der Waals surface area contributed by atoms with E-state index in [2.05, 4.69) is 40.7 Å². The van der Waals surface area contributed by atoms with E-state index in [-0.39, 0.29) is 4.75 Å². The summed E-state index contributed by atoms with van der Waals surface area (Å²) in [7, 11) is 1.57. The molecule has 0 amide bonds. The predicted octanol–water partition coefficient (Wildman–Crippen LogP) is 7.53. The second kappa shape index (κ2) is 12.5. The molecule has 8 nitrogen and oxygen atoms in total. The first-order valence-corrected chi connectivity index (χ1v) is 14.9. The Kier molecular flexibility index (Phi) is 8.73. The Hall–Kier alpha value is -4.37. The molecule has 0 saturated heterocycles. The standard InChI is InChI=1S/C34H36N4O4S/c1-20-10-11-24(35-16-20)19-42-28-13-12-27-29(21(28)2)31(43-34(3,4)5)30(38-27)26(33(39)40)15-22-8-7-9-23(14-22)32-36-17-25(41-6)18-37-32/h7-14,16-18,26,38H,15,19H2,1-6H3,(H,39,40). The Morgan fingerprint density at radius 1 is 1.02 bits per heavy atom. The van der Waals surface area contributed by atoms with Crippen LogP contribution in [0.25, 0.3) is 22.3 Å². The second-order valence-electron chi connectivity index (χ2n) is 11.6. The number of carbonyl (C=O) groups is 1. The van der Waals surface area contributed by atoms with Crippen LogP contribution in [0, 0.1) is 13.8 Å². The molecule has 2 aromatic carbocycles. The summed E-state index contributed by atoms with van der Waals surface area (Å²) < 4.78 is 11.2. The molecule has 43 heavy (non-hydrogen) atoms. The van der Waals surface area contributed by atoms with Gasteiger partial charge in [-0.05, 0) is 55.7 Å². The van der Waals surface area contributed by atoms with E-state index in [1.807, 2.05) is 68.6 Å². The third-order valence-corrected chi connectivity index (χ3v) is 8.29. The van der Waals surface area contributed by atoms with Crippen LogP contribution in [-0.4, -0.2) is 42.9 Å². The number of thioether (sulfide) groups is 1. The molecule has 0 fully saturated rings. The SMILES string of the molecule is COc1cnc(-c2cccc(CC(C(=O)O)c3[nH]c4ccc(OCc5ccc(C)cn5)c(C)c4c3SC(C)(C)C)c2)nc1. The Morgan fingerprint density at radius 3 is 2.44 bits per heavy atom. The zero-order valence-corrected chi connectivity index (χ0v) is 26.1.